The van der Waals surface area contributed by atoms with E-state index in [9.17, 15) is 9.59 Å². The lowest BCUT2D eigenvalue weighted by atomic mass is 9.99. The number of nitrogens with zero attached hydrogens (tertiary/aromatic N) is 1. The molecular formula is C16H21NO3. The average molecular weight is 275 g/mol. The molecular weight excluding hydrogens is 254 g/mol. The normalized spacial score (nSPS) is 18.5. The standard InChI is InChI=1S/C16H21NO3/c1-10-5-11(2)14(12(3)6-10)9-17-8-13(7-15(17)18)16(19)20-4/h5-6,13H,7-9H2,1-4H3. The van der Waals surface area contributed by atoms with Crippen molar-refractivity contribution in [3.8, 4) is 0 Å². The smallest absolute Gasteiger partial charge is 0.310 e. The summed E-state index contributed by atoms with van der Waals surface area (Å²) < 4.78 is 4.73. The summed E-state index contributed by atoms with van der Waals surface area (Å²) in [5.74, 6) is -0.587. The van der Waals surface area contributed by atoms with E-state index in [0.717, 1.165) is 0 Å². The molecule has 2 rings (SSSR count). The lowest BCUT2D eigenvalue weighted by molar-refractivity contribution is -0.145. The molecule has 108 valence electrons. The molecule has 1 unspecified atom stereocenters. The summed E-state index contributed by atoms with van der Waals surface area (Å²) in [7, 11) is 1.36. The molecule has 1 aromatic carbocycles. The number of hydrogen-bond donors (Lipinski definition) is 0. The molecule has 4 nitrogen and oxygen atoms in total. The molecule has 1 atom stereocenters. The van der Waals surface area contributed by atoms with E-state index in [1.165, 1.54) is 29.4 Å². The number of benzene rings is 1. The first-order valence-electron chi connectivity index (χ1n) is 6.84. The summed E-state index contributed by atoms with van der Waals surface area (Å²) in [6.45, 7) is 7.22. The molecule has 0 aliphatic carbocycles. The number of esters is 1. The van der Waals surface area contributed by atoms with Crippen LogP contribution >= 0.6 is 0 Å². The van der Waals surface area contributed by atoms with E-state index in [-0.39, 0.29) is 24.2 Å². The Morgan fingerprint density at radius 3 is 2.45 bits per heavy atom. The van der Waals surface area contributed by atoms with Crippen molar-refractivity contribution in [3.63, 3.8) is 0 Å². The van der Waals surface area contributed by atoms with Gasteiger partial charge in [-0.15, -0.1) is 0 Å². The third kappa shape index (κ3) is 2.84. The van der Waals surface area contributed by atoms with E-state index in [0.29, 0.717) is 13.1 Å². The van der Waals surface area contributed by atoms with Gasteiger partial charge in [0.2, 0.25) is 5.91 Å². The number of amides is 1. The minimum absolute atomic E-state index is 0.0276. The maximum Gasteiger partial charge on any atom is 0.310 e. The van der Waals surface area contributed by atoms with E-state index in [4.69, 9.17) is 4.74 Å². The van der Waals surface area contributed by atoms with E-state index in [2.05, 4.69) is 32.9 Å². The van der Waals surface area contributed by atoms with Gasteiger partial charge in [-0.05, 0) is 37.5 Å². The van der Waals surface area contributed by atoms with Gasteiger partial charge in [-0.1, -0.05) is 17.7 Å². The molecule has 0 spiro atoms. The Balaban J connectivity index is 2.15. The fourth-order valence-corrected chi connectivity index (χ4v) is 2.90. The van der Waals surface area contributed by atoms with Crippen LogP contribution in [0.25, 0.3) is 0 Å². The third-order valence-corrected chi connectivity index (χ3v) is 3.94. The number of rotatable bonds is 3. The number of carbonyl (C=O) groups excluding carboxylic acids is 2. The highest BCUT2D eigenvalue weighted by atomic mass is 16.5. The van der Waals surface area contributed by atoms with Crippen molar-refractivity contribution in [3.05, 3.63) is 34.4 Å². The number of hydrogen-bond acceptors (Lipinski definition) is 3. The summed E-state index contributed by atoms with van der Waals surface area (Å²) in [5, 5.41) is 0. The molecule has 20 heavy (non-hydrogen) atoms. The van der Waals surface area contributed by atoms with Gasteiger partial charge in [-0.3, -0.25) is 9.59 Å². The highest BCUT2D eigenvalue weighted by Crippen LogP contribution is 2.24. The number of methoxy groups -OCH3 is 1. The van der Waals surface area contributed by atoms with E-state index in [1.807, 2.05) is 0 Å². The summed E-state index contributed by atoms with van der Waals surface area (Å²) in [5.41, 5.74) is 4.78. The van der Waals surface area contributed by atoms with Crippen LogP contribution in [0.2, 0.25) is 0 Å². The van der Waals surface area contributed by atoms with E-state index >= 15 is 0 Å². The SMILES string of the molecule is COC(=O)C1CC(=O)N(Cc2c(C)cc(C)cc2C)C1. The van der Waals surface area contributed by atoms with Crippen molar-refractivity contribution in [1.82, 2.24) is 4.90 Å². The van der Waals surface area contributed by atoms with Crippen LogP contribution in [-0.2, 0) is 20.9 Å². The van der Waals surface area contributed by atoms with Crippen molar-refractivity contribution in [2.24, 2.45) is 5.92 Å². The maximum atomic E-state index is 12.0. The van der Waals surface area contributed by atoms with Crippen LogP contribution in [0.4, 0.5) is 0 Å². The Hall–Kier alpha value is -1.84. The topological polar surface area (TPSA) is 46.6 Å². The van der Waals surface area contributed by atoms with Gasteiger partial charge < -0.3 is 9.64 Å². The van der Waals surface area contributed by atoms with Gasteiger partial charge in [0.1, 0.15) is 0 Å². The number of likely N-dealkylation sites (tertiary alicyclic amines) is 1. The molecule has 1 amide bonds. The highest BCUT2D eigenvalue weighted by Gasteiger charge is 2.35. The Morgan fingerprint density at radius 2 is 1.90 bits per heavy atom. The molecule has 1 aliphatic rings. The molecule has 0 aromatic heterocycles. The first-order chi connectivity index (χ1) is 9.42. The molecule has 4 heteroatoms. The van der Waals surface area contributed by atoms with Gasteiger partial charge in [0, 0.05) is 19.5 Å². The fourth-order valence-electron chi connectivity index (χ4n) is 2.90. The molecule has 1 heterocycles. The Bertz CT molecular complexity index is 528. The number of aryl methyl sites for hydroxylation is 3. The first-order valence-corrected chi connectivity index (χ1v) is 6.84. The summed E-state index contributed by atoms with van der Waals surface area (Å²) in [4.78, 5) is 25.3. The molecule has 0 bridgehead atoms. The number of ether oxygens (including phenoxy) is 1. The summed E-state index contributed by atoms with van der Waals surface area (Å²) in [6.07, 6.45) is 0.261. The minimum atomic E-state index is -0.321. The van der Waals surface area contributed by atoms with Crippen LogP contribution in [0.1, 0.15) is 28.7 Å². The monoisotopic (exact) mass is 275 g/mol. The average Bonchev–Trinajstić information content (AvgIpc) is 2.74. The third-order valence-electron chi connectivity index (χ3n) is 3.94. The minimum Gasteiger partial charge on any atom is -0.469 e. The Labute approximate surface area is 119 Å². The Kier molecular flexibility index (Phi) is 4.12. The van der Waals surface area contributed by atoms with Crippen LogP contribution < -0.4 is 0 Å². The van der Waals surface area contributed by atoms with Gasteiger partial charge >= 0.3 is 5.97 Å². The molecule has 1 aromatic rings. The first kappa shape index (κ1) is 14.6. The van der Waals surface area contributed by atoms with E-state index in [1.54, 1.807) is 4.90 Å². The molecule has 0 saturated carbocycles. The van der Waals surface area contributed by atoms with Gasteiger partial charge in [-0.25, -0.2) is 0 Å². The fraction of sp³-hybridized carbons (Fsp3) is 0.500. The van der Waals surface area contributed by atoms with Crippen LogP contribution in [0.15, 0.2) is 12.1 Å². The largest absolute Gasteiger partial charge is 0.469 e. The van der Waals surface area contributed by atoms with Gasteiger partial charge in [0.05, 0.1) is 13.0 Å². The van der Waals surface area contributed by atoms with Crippen LogP contribution in [0, 0.1) is 26.7 Å². The van der Waals surface area contributed by atoms with Crippen molar-refractivity contribution in [1.29, 1.82) is 0 Å². The van der Waals surface area contributed by atoms with Crippen molar-refractivity contribution in [2.45, 2.75) is 33.7 Å². The van der Waals surface area contributed by atoms with Gasteiger partial charge in [-0.2, -0.15) is 0 Å². The molecule has 0 N–H and O–H groups in total. The van der Waals surface area contributed by atoms with Gasteiger partial charge in [0.15, 0.2) is 0 Å². The number of carbonyl (C=O) groups is 2. The molecule has 1 saturated heterocycles. The molecule has 1 fully saturated rings. The zero-order chi connectivity index (χ0) is 14.9. The lowest BCUT2D eigenvalue weighted by Crippen LogP contribution is -2.26. The van der Waals surface area contributed by atoms with Crippen LogP contribution in [0.3, 0.4) is 0 Å². The predicted octanol–water partition coefficient (Wildman–Crippen LogP) is 2.13. The van der Waals surface area contributed by atoms with E-state index < -0.39 is 0 Å². The lowest BCUT2D eigenvalue weighted by Gasteiger charge is -2.20. The molecule has 1 aliphatic heterocycles. The van der Waals surface area contributed by atoms with Crippen LogP contribution in [0.5, 0.6) is 0 Å². The van der Waals surface area contributed by atoms with Gasteiger partial charge in [0.25, 0.3) is 0 Å². The molecule has 0 radical (unpaired) electrons. The predicted molar refractivity (Wildman–Crippen MR) is 76.2 cm³/mol. The summed E-state index contributed by atoms with van der Waals surface area (Å²) in [6, 6.07) is 4.25. The summed E-state index contributed by atoms with van der Waals surface area (Å²) >= 11 is 0. The Morgan fingerprint density at radius 1 is 1.30 bits per heavy atom. The maximum absolute atomic E-state index is 12.0. The second-order valence-corrected chi connectivity index (χ2v) is 5.58. The second kappa shape index (κ2) is 5.65. The zero-order valence-corrected chi connectivity index (χ0v) is 12.5. The highest BCUT2D eigenvalue weighted by molar-refractivity contribution is 5.86. The van der Waals surface area contributed by atoms with Crippen molar-refractivity contribution in [2.75, 3.05) is 13.7 Å². The zero-order valence-electron chi connectivity index (χ0n) is 12.5. The van der Waals surface area contributed by atoms with Crippen molar-refractivity contribution >= 4 is 11.9 Å². The van der Waals surface area contributed by atoms with Crippen LogP contribution in [-0.4, -0.2) is 30.4 Å². The quantitative estimate of drug-likeness (QED) is 0.794. The van der Waals surface area contributed by atoms with Crippen molar-refractivity contribution < 1.29 is 14.3 Å². The second-order valence-electron chi connectivity index (χ2n) is 5.58.